The van der Waals surface area contributed by atoms with Crippen molar-refractivity contribution in [2.75, 3.05) is 10.7 Å². The van der Waals surface area contributed by atoms with Crippen molar-refractivity contribution in [3.8, 4) is 0 Å². The Morgan fingerprint density at radius 3 is 2.58 bits per heavy atom. The second-order valence-corrected chi connectivity index (χ2v) is 4.39. The summed E-state index contributed by atoms with van der Waals surface area (Å²) < 4.78 is 0. The summed E-state index contributed by atoms with van der Waals surface area (Å²) in [6, 6.07) is 16.9. The van der Waals surface area contributed by atoms with Crippen molar-refractivity contribution in [2.45, 2.75) is 6.42 Å². The van der Waals surface area contributed by atoms with E-state index >= 15 is 0 Å². The summed E-state index contributed by atoms with van der Waals surface area (Å²) in [5.74, 6) is -0.0375. The highest BCUT2D eigenvalue weighted by Crippen LogP contribution is 2.24. The van der Waals surface area contributed by atoms with Gasteiger partial charge in [0.2, 0.25) is 0 Å². The van der Waals surface area contributed by atoms with Crippen LogP contribution in [-0.4, -0.2) is 11.6 Å². The molecule has 1 heterocycles. The van der Waals surface area contributed by atoms with Crippen LogP contribution in [0.4, 0.5) is 11.4 Å². The lowest BCUT2D eigenvalue weighted by Crippen LogP contribution is -2.19. The van der Waals surface area contributed by atoms with E-state index in [0.29, 0.717) is 17.8 Å². The molecule has 94 valence electrons. The molecule has 0 saturated carbocycles. The average Bonchev–Trinajstić information content (AvgIpc) is 2.82. The predicted octanol–water partition coefficient (Wildman–Crippen LogP) is 2.41. The molecule has 0 aliphatic carbocycles. The smallest absolute Gasteiger partial charge is 0.253 e. The van der Waals surface area contributed by atoms with Crippen LogP contribution in [0.25, 0.3) is 0 Å². The van der Waals surface area contributed by atoms with Crippen molar-refractivity contribution in [1.82, 2.24) is 0 Å². The third-order valence-electron chi connectivity index (χ3n) is 3.00. The molecule has 4 heteroatoms. The molecular formula is C15H13N3O. The molecule has 1 aliphatic heterocycles. The largest absolute Gasteiger partial charge is 0.399 e. The zero-order valence-electron chi connectivity index (χ0n) is 10.3. The summed E-state index contributed by atoms with van der Waals surface area (Å²) in [5, 5.41) is 5.81. The number of hydrogen-bond donors (Lipinski definition) is 1. The van der Waals surface area contributed by atoms with Crippen molar-refractivity contribution in [3.05, 3.63) is 60.2 Å². The van der Waals surface area contributed by atoms with Gasteiger partial charge in [-0.25, -0.2) is 5.01 Å². The van der Waals surface area contributed by atoms with E-state index in [-0.39, 0.29) is 5.91 Å². The number of carbonyl (C=O) groups is 1. The molecule has 0 unspecified atom stereocenters. The van der Waals surface area contributed by atoms with Crippen molar-refractivity contribution in [2.24, 2.45) is 5.10 Å². The number of hydrazone groups is 1. The van der Waals surface area contributed by atoms with Gasteiger partial charge in [-0.05, 0) is 23.8 Å². The Morgan fingerprint density at radius 2 is 1.84 bits per heavy atom. The zero-order valence-corrected chi connectivity index (χ0v) is 10.3. The van der Waals surface area contributed by atoms with Crippen LogP contribution in [0, 0.1) is 0 Å². The standard InChI is InChI=1S/C15H13N3O/c16-12-7-4-8-13(9-12)18-15(19)10-14(17-18)11-5-2-1-3-6-11/h1-9H,10,16H2. The van der Waals surface area contributed by atoms with Crippen LogP contribution in [0.2, 0.25) is 0 Å². The maximum absolute atomic E-state index is 12.0. The Bertz CT molecular complexity index is 649. The van der Waals surface area contributed by atoms with E-state index in [2.05, 4.69) is 5.10 Å². The maximum atomic E-state index is 12.0. The number of benzene rings is 2. The number of anilines is 2. The molecule has 0 radical (unpaired) electrons. The van der Waals surface area contributed by atoms with Gasteiger partial charge >= 0.3 is 0 Å². The number of nitrogens with zero attached hydrogens (tertiary/aromatic N) is 2. The molecule has 0 atom stereocenters. The van der Waals surface area contributed by atoms with Gasteiger partial charge in [0, 0.05) is 5.69 Å². The number of carbonyl (C=O) groups excluding carboxylic acids is 1. The summed E-state index contributed by atoms with van der Waals surface area (Å²) in [4.78, 5) is 12.0. The fourth-order valence-corrected chi connectivity index (χ4v) is 2.08. The average molecular weight is 251 g/mol. The lowest BCUT2D eigenvalue weighted by atomic mass is 10.1. The molecular weight excluding hydrogens is 238 g/mol. The van der Waals surface area contributed by atoms with E-state index in [4.69, 9.17) is 5.73 Å². The van der Waals surface area contributed by atoms with Gasteiger partial charge in [0.1, 0.15) is 0 Å². The third kappa shape index (κ3) is 2.20. The van der Waals surface area contributed by atoms with Crippen LogP contribution >= 0.6 is 0 Å². The first-order valence-electron chi connectivity index (χ1n) is 6.05. The number of nitrogen functional groups attached to an aromatic ring is 1. The second kappa shape index (κ2) is 4.57. The second-order valence-electron chi connectivity index (χ2n) is 4.39. The zero-order chi connectivity index (χ0) is 13.2. The van der Waals surface area contributed by atoms with E-state index < -0.39 is 0 Å². The van der Waals surface area contributed by atoms with Crippen LogP contribution in [0.5, 0.6) is 0 Å². The monoisotopic (exact) mass is 251 g/mol. The minimum atomic E-state index is -0.0375. The Labute approximate surface area is 111 Å². The topological polar surface area (TPSA) is 58.7 Å². The first-order valence-corrected chi connectivity index (χ1v) is 6.05. The summed E-state index contributed by atoms with van der Waals surface area (Å²) in [6.45, 7) is 0. The minimum Gasteiger partial charge on any atom is -0.399 e. The van der Waals surface area contributed by atoms with Gasteiger partial charge in [-0.2, -0.15) is 5.10 Å². The molecule has 4 nitrogen and oxygen atoms in total. The Hall–Kier alpha value is -2.62. The van der Waals surface area contributed by atoms with E-state index in [1.165, 1.54) is 5.01 Å². The van der Waals surface area contributed by atoms with Gasteiger partial charge in [0.05, 0.1) is 17.8 Å². The molecule has 0 fully saturated rings. The fourth-order valence-electron chi connectivity index (χ4n) is 2.08. The van der Waals surface area contributed by atoms with Gasteiger partial charge < -0.3 is 5.73 Å². The first-order chi connectivity index (χ1) is 9.24. The van der Waals surface area contributed by atoms with Crippen LogP contribution in [-0.2, 0) is 4.79 Å². The van der Waals surface area contributed by atoms with E-state index in [1.54, 1.807) is 12.1 Å². The Morgan fingerprint density at radius 1 is 1.05 bits per heavy atom. The quantitative estimate of drug-likeness (QED) is 0.833. The molecule has 19 heavy (non-hydrogen) atoms. The number of amides is 1. The van der Waals surface area contributed by atoms with Crippen LogP contribution in [0.15, 0.2) is 59.7 Å². The lowest BCUT2D eigenvalue weighted by molar-refractivity contribution is -0.116. The molecule has 0 saturated heterocycles. The minimum absolute atomic E-state index is 0.0375. The predicted molar refractivity (Wildman–Crippen MR) is 75.9 cm³/mol. The normalized spacial score (nSPS) is 14.6. The van der Waals surface area contributed by atoms with Gasteiger partial charge in [-0.1, -0.05) is 36.4 Å². The van der Waals surface area contributed by atoms with Crippen molar-refractivity contribution in [3.63, 3.8) is 0 Å². The lowest BCUT2D eigenvalue weighted by Gasteiger charge is -2.11. The summed E-state index contributed by atoms with van der Waals surface area (Å²) in [7, 11) is 0. The third-order valence-corrected chi connectivity index (χ3v) is 3.00. The molecule has 2 aromatic rings. The fraction of sp³-hybridized carbons (Fsp3) is 0.0667. The van der Waals surface area contributed by atoms with Gasteiger partial charge in [0.15, 0.2) is 0 Å². The Kier molecular flexibility index (Phi) is 2.76. The molecule has 0 spiro atoms. The Balaban J connectivity index is 1.96. The van der Waals surface area contributed by atoms with Gasteiger partial charge in [0.25, 0.3) is 5.91 Å². The number of nitrogens with two attached hydrogens (primary N) is 1. The molecule has 1 aliphatic rings. The van der Waals surface area contributed by atoms with E-state index in [1.807, 2.05) is 42.5 Å². The van der Waals surface area contributed by atoms with Crippen LogP contribution in [0.3, 0.4) is 0 Å². The molecule has 2 N–H and O–H groups in total. The molecule has 2 aromatic carbocycles. The highest BCUT2D eigenvalue weighted by Gasteiger charge is 2.25. The maximum Gasteiger partial charge on any atom is 0.253 e. The first kappa shape index (κ1) is 11.5. The molecule has 0 aromatic heterocycles. The molecule has 0 bridgehead atoms. The van der Waals surface area contributed by atoms with Gasteiger partial charge in [-0.15, -0.1) is 0 Å². The van der Waals surface area contributed by atoms with E-state index in [0.717, 1.165) is 11.3 Å². The van der Waals surface area contributed by atoms with Crippen molar-refractivity contribution >= 4 is 23.0 Å². The number of hydrogen-bond acceptors (Lipinski definition) is 3. The molecule has 1 amide bonds. The SMILES string of the molecule is Nc1cccc(N2N=C(c3ccccc3)CC2=O)c1. The van der Waals surface area contributed by atoms with E-state index in [9.17, 15) is 4.79 Å². The highest BCUT2D eigenvalue weighted by molar-refractivity contribution is 6.19. The van der Waals surface area contributed by atoms with Crippen LogP contribution in [0.1, 0.15) is 12.0 Å². The summed E-state index contributed by atoms with van der Waals surface area (Å²) in [5.41, 5.74) is 8.81. The molecule has 3 rings (SSSR count). The van der Waals surface area contributed by atoms with Gasteiger partial charge in [-0.3, -0.25) is 4.79 Å². The number of rotatable bonds is 2. The highest BCUT2D eigenvalue weighted by atomic mass is 16.2. The summed E-state index contributed by atoms with van der Waals surface area (Å²) >= 11 is 0. The van der Waals surface area contributed by atoms with Crippen LogP contribution < -0.4 is 10.7 Å². The van der Waals surface area contributed by atoms with Crippen molar-refractivity contribution in [1.29, 1.82) is 0 Å². The van der Waals surface area contributed by atoms with Crippen molar-refractivity contribution < 1.29 is 4.79 Å². The summed E-state index contributed by atoms with van der Waals surface area (Å²) in [6.07, 6.45) is 0.318.